The molecule has 2 aliphatic rings. The molecule has 0 aromatic rings. The molecule has 10 heavy (non-hydrogen) atoms. The summed E-state index contributed by atoms with van der Waals surface area (Å²) < 4.78 is 5.70. The third-order valence-electron chi connectivity index (χ3n) is 2.39. The van der Waals surface area contributed by atoms with Gasteiger partial charge in [0.25, 0.3) is 0 Å². The Bertz CT molecular complexity index is 122. The smallest absolute Gasteiger partial charge is 0.105 e. The summed E-state index contributed by atoms with van der Waals surface area (Å²) in [7, 11) is 0. The highest BCUT2D eigenvalue weighted by Crippen LogP contribution is 2.36. The molecule has 2 heteroatoms. The molecule has 0 radical (unpaired) electrons. The van der Waals surface area contributed by atoms with Crippen LogP contribution >= 0.6 is 0 Å². The number of ether oxygens (including phenoxy) is 1. The number of hydrogen-bond donors (Lipinski definition) is 1. The lowest BCUT2D eigenvalue weighted by Gasteiger charge is -2.28. The Morgan fingerprint density at radius 2 is 2.10 bits per heavy atom. The van der Waals surface area contributed by atoms with Gasteiger partial charge in [-0.3, -0.25) is 5.32 Å². The number of rotatable bonds is 1. The van der Waals surface area contributed by atoms with Gasteiger partial charge in [-0.15, -0.1) is 0 Å². The van der Waals surface area contributed by atoms with Crippen LogP contribution in [0.3, 0.4) is 0 Å². The van der Waals surface area contributed by atoms with Crippen molar-refractivity contribution in [2.45, 2.75) is 38.5 Å². The van der Waals surface area contributed by atoms with Crippen molar-refractivity contribution >= 4 is 0 Å². The van der Waals surface area contributed by atoms with Crippen molar-refractivity contribution in [3.05, 3.63) is 0 Å². The van der Waals surface area contributed by atoms with Crippen LogP contribution in [0.4, 0.5) is 0 Å². The van der Waals surface area contributed by atoms with Gasteiger partial charge in [-0.05, 0) is 38.6 Å². The average molecular weight is 141 g/mol. The van der Waals surface area contributed by atoms with Gasteiger partial charge < -0.3 is 4.74 Å². The van der Waals surface area contributed by atoms with E-state index >= 15 is 0 Å². The van der Waals surface area contributed by atoms with Crippen molar-refractivity contribution < 1.29 is 4.74 Å². The normalized spacial score (nSPS) is 41.7. The van der Waals surface area contributed by atoms with Gasteiger partial charge in [0.15, 0.2) is 0 Å². The minimum atomic E-state index is 0.291. The molecule has 0 bridgehead atoms. The van der Waals surface area contributed by atoms with Crippen LogP contribution in [0.2, 0.25) is 0 Å². The van der Waals surface area contributed by atoms with Gasteiger partial charge in [0.1, 0.15) is 6.23 Å². The van der Waals surface area contributed by atoms with Crippen LogP contribution in [-0.2, 0) is 4.74 Å². The van der Waals surface area contributed by atoms with E-state index in [2.05, 4.69) is 12.2 Å². The number of hydrogen-bond acceptors (Lipinski definition) is 2. The molecule has 1 saturated carbocycles. The average Bonchev–Trinajstić information content (AvgIpc) is 2.68. The molecule has 2 atom stereocenters. The van der Waals surface area contributed by atoms with Gasteiger partial charge >= 0.3 is 0 Å². The number of nitrogens with one attached hydrogen (secondary N) is 1. The first-order valence-corrected chi connectivity index (χ1v) is 4.25. The lowest BCUT2D eigenvalue weighted by atomic mass is 10.1. The third-order valence-corrected chi connectivity index (χ3v) is 2.39. The van der Waals surface area contributed by atoms with E-state index < -0.39 is 0 Å². The van der Waals surface area contributed by atoms with E-state index in [0.717, 1.165) is 12.5 Å². The molecule has 0 amide bonds. The topological polar surface area (TPSA) is 21.3 Å². The van der Waals surface area contributed by atoms with Crippen LogP contribution in [0.1, 0.15) is 26.2 Å². The van der Waals surface area contributed by atoms with Crippen molar-refractivity contribution in [1.82, 2.24) is 5.32 Å². The molecule has 2 fully saturated rings. The van der Waals surface area contributed by atoms with Crippen molar-refractivity contribution in [3.63, 3.8) is 0 Å². The minimum absolute atomic E-state index is 0.291. The van der Waals surface area contributed by atoms with Gasteiger partial charge in [-0.2, -0.15) is 0 Å². The highest BCUT2D eigenvalue weighted by atomic mass is 16.5. The molecule has 0 aromatic carbocycles. The summed E-state index contributed by atoms with van der Waals surface area (Å²) in [6, 6.07) is 0. The van der Waals surface area contributed by atoms with E-state index in [0.29, 0.717) is 12.3 Å². The molecule has 2 nitrogen and oxygen atoms in total. The Kier molecular flexibility index (Phi) is 1.66. The summed E-state index contributed by atoms with van der Waals surface area (Å²) in [6.07, 6.45) is 4.89. The van der Waals surface area contributed by atoms with Crippen LogP contribution in [0, 0.1) is 5.92 Å². The molecule has 1 aliphatic carbocycles. The van der Waals surface area contributed by atoms with Crippen molar-refractivity contribution in [1.29, 1.82) is 0 Å². The molecule has 1 saturated heterocycles. The third kappa shape index (κ3) is 1.32. The van der Waals surface area contributed by atoms with Gasteiger partial charge in [-0.1, -0.05) is 0 Å². The molecule has 1 heterocycles. The fourth-order valence-corrected chi connectivity index (χ4v) is 1.62. The molecule has 0 spiro atoms. The predicted molar refractivity (Wildman–Crippen MR) is 39.7 cm³/mol. The molecular weight excluding hydrogens is 126 g/mol. The largest absolute Gasteiger partial charge is 0.360 e. The van der Waals surface area contributed by atoms with Crippen LogP contribution in [-0.4, -0.2) is 18.9 Å². The van der Waals surface area contributed by atoms with Gasteiger partial charge in [0.05, 0.1) is 6.10 Å². The van der Waals surface area contributed by atoms with Crippen LogP contribution in [0.25, 0.3) is 0 Å². The summed E-state index contributed by atoms with van der Waals surface area (Å²) in [4.78, 5) is 0. The van der Waals surface area contributed by atoms with Crippen LogP contribution in [0.5, 0.6) is 0 Å². The summed E-state index contributed by atoms with van der Waals surface area (Å²) >= 11 is 0. The second kappa shape index (κ2) is 2.51. The van der Waals surface area contributed by atoms with Crippen molar-refractivity contribution in [2.24, 2.45) is 5.92 Å². The van der Waals surface area contributed by atoms with Gasteiger partial charge in [0, 0.05) is 0 Å². The maximum Gasteiger partial charge on any atom is 0.105 e. The first-order chi connectivity index (χ1) is 4.86. The fraction of sp³-hybridized carbons (Fsp3) is 1.00. The van der Waals surface area contributed by atoms with E-state index in [-0.39, 0.29) is 0 Å². The lowest BCUT2D eigenvalue weighted by molar-refractivity contribution is -0.0609. The predicted octanol–water partition coefficient (Wildman–Crippen LogP) is 1.12. The van der Waals surface area contributed by atoms with Gasteiger partial charge in [0.2, 0.25) is 0 Å². The zero-order chi connectivity index (χ0) is 6.97. The minimum Gasteiger partial charge on any atom is -0.360 e. The van der Waals surface area contributed by atoms with E-state index in [4.69, 9.17) is 4.74 Å². The molecular formula is C8H15NO. The Morgan fingerprint density at radius 1 is 1.30 bits per heavy atom. The lowest BCUT2D eigenvalue weighted by Crippen LogP contribution is -2.41. The van der Waals surface area contributed by atoms with E-state index in [1.54, 1.807) is 0 Å². The summed E-state index contributed by atoms with van der Waals surface area (Å²) in [6.45, 7) is 3.23. The molecule has 1 aliphatic heterocycles. The Labute approximate surface area is 61.9 Å². The highest BCUT2D eigenvalue weighted by Gasteiger charge is 2.34. The first kappa shape index (κ1) is 6.62. The zero-order valence-corrected chi connectivity index (χ0v) is 6.47. The maximum absolute atomic E-state index is 5.70. The van der Waals surface area contributed by atoms with Crippen molar-refractivity contribution in [3.8, 4) is 0 Å². The zero-order valence-electron chi connectivity index (χ0n) is 6.47. The summed E-state index contributed by atoms with van der Waals surface area (Å²) in [5.74, 6) is 0.907. The van der Waals surface area contributed by atoms with Crippen LogP contribution in [0.15, 0.2) is 0 Å². The van der Waals surface area contributed by atoms with Crippen LogP contribution < -0.4 is 5.32 Å². The molecule has 2 unspecified atom stereocenters. The molecule has 1 N–H and O–H groups in total. The fourth-order valence-electron chi connectivity index (χ4n) is 1.62. The molecule has 58 valence electrons. The SMILES string of the molecule is CC1NCCC(C2CC2)O1. The second-order valence-electron chi connectivity index (χ2n) is 3.40. The Balaban J connectivity index is 1.84. The van der Waals surface area contributed by atoms with Gasteiger partial charge in [-0.25, -0.2) is 0 Å². The quantitative estimate of drug-likeness (QED) is 0.591. The van der Waals surface area contributed by atoms with E-state index in [1.807, 2.05) is 0 Å². The second-order valence-corrected chi connectivity index (χ2v) is 3.40. The molecule has 0 aromatic heterocycles. The molecule has 2 rings (SSSR count). The Morgan fingerprint density at radius 3 is 2.70 bits per heavy atom. The monoisotopic (exact) mass is 141 g/mol. The maximum atomic E-state index is 5.70. The van der Waals surface area contributed by atoms with Crippen molar-refractivity contribution in [2.75, 3.05) is 6.54 Å². The summed E-state index contributed by atoms with van der Waals surface area (Å²) in [5.41, 5.74) is 0. The highest BCUT2D eigenvalue weighted by molar-refractivity contribution is 4.84. The van der Waals surface area contributed by atoms with E-state index in [1.165, 1.54) is 19.3 Å². The standard InChI is InChI=1S/C8H15NO/c1-6-9-5-4-8(10-6)7-2-3-7/h6-9H,2-5H2,1H3. The summed E-state index contributed by atoms with van der Waals surface area (Å²) in [5, 5.41) is 3.27. The van der Waals surface area contributed by atoms with E-state index in [9.17, 15) is 0 Å². The Hall–Kier alpha value is -0.0800. The first-order valence-electron chi connectivity index (χ1n) is 4.25.